The van der Waals surface area contributed by atoms with Gasteiger partial charge in [-0.25, -0.2) is 14.4 Å². The predicted octanol–water partition coefficient (Wildman–Crippen LogP) is 6.17. The van der Waals surface area contributed by atoms with Crippen molar-refractivity contribution in [2.45, 2.75) is 71.1 Å². The van der Waals surface area contributed by atoms with E-state index in [0.717, 1.165) is 22.3 Å². The van der Waals surface area contributed by atoms with E-state index in [-0.39, 0.29) is 32.1 Å². The van der Waals surface area contributed by atoms with E-state index in [0.29, 0.717) is 11.4 Å². The minimum absolute atomic E-state index is 0.0541. The minimum atomic E-state index is -1.29. The molecule has 11 heteroatoms. The lowest BCUT2D eigenvalue weighted by molar-refractivity contribution is -0.158. The maximum Gasteiger partial charge on any atom is 0.407 e. The quantitative estimate of drug-likeness (QED) is 0.128. The van der Waals surface area contributed by atoms with E-state index in [9.17, 15) is 19.2 Å². The van der Waals surface area contributed by atoms with Crippen LogP contribution in [-0.4, -0.2) is 61.1 Å². The fraction of sp³-hybridized carbons (Fsp3) is 0.389. The average Bonchev–Trinajstić information content (AvgIpc) is 3.30. The van der Waals surface area contributed by atoms with Crippen LogP contribution >= 0.6 is 0 Å². The summed E-state index contributed by atoms with van der Waals surface area (Å²) in [6, 6.07) is 21.2. The first-order valence-corrected chi connectivity index (χ1v) is 15.5. The van der Waals surface area contributed by atoms with E-state index in [1.165, 1.54) is 0 Å². The molecule has 1 aliphatic carbocycles. The molecule has 0 aromatic heterocycles. The zero-order chi connectivity index (χ0) is 34.2. The molecule has 250 valence electrons. The van der Waals surface area contributed by atoms with Gasteiger partial charge in [-0.05, 0) is 88.1 Å². The zero-order valence-electron chi connectivity index (χ0n) is 27.7. The molecule has 1 aliphatic rings. The molecule has 0 saturated carbocycles. The van der Waals surface area contributed by atoms with Crippen LogP contribution in [0, 0.1) is 0 Å². The molecule has 1 atom stereocenters. The third kappa shape index (κ3) is 10.5. The van der Waals surface area contributed by atoms with E-state index < -0.39 is 41.3 Å². The Kier molecular flexibility index (Phi) is 11.1. The standard InChI is InChI=1S/C36H43N3O8/c1-35(2,3)46-32(41)30(39-34(43)45-22-29-27-13-9-7-11-25(27)26-12-8-10-14-28(26)29)21-31(40)38-23-15-17-24(18-16-23)44-20-19-37-33(42)47-36(4,5)6/h7-18,29-30H,19-22H2,1-6H3,(H,37,42)(H,38,40)(H,39,43)/t30-/m0/s1. The van der Waals surface area contributed by atoms with Crippen LogP contribution in [0.5, 0.6) is 5.75 Å². The Morgan fingerprint density at radius 1 is 0.745 bits per heavy atom. The van der Waals surface area contributed by atoms with Gasteiger partial charge in [0.25, 0.3) is 0 Å². The predicted molar refractivity (Wildman–Crippen MR) is 177 cm³/mol. The summed E-state index contributed by atoms with van der Waals surface area (Å²) in [5.74, 6) is -0.915. The van der Waals surface area contributed by atoms with E-state index in [2.05, 4.69) is 16.0 Å². The normalized spacial score (nSPS) is 13.0. The molecule has 3 N–H and O–H groups in total. The van der Waals surface area contributed by atoms with Crippen molar-refractivity contribution in [2.24, 2.45) is 0 Å². The van der Waals surface area contributed by atoms with Crippen LogP contribution in [0.3, 0.4) is 0 Å². The highest BCUT2D eigenvalue weighted by atomic mass is 16.6. The molecule has 3 amide bonds. The van der Waals surface area contributed by atoms with Crippen molar-refractivity contribution in [3.05, 3.63) is 83.9 Å². The van der Waals surface area contributed by atoms with Crippen molar-refractivity contribution in [1.29, 1.82) is 0 Å². The minimum Gasteiger partial charge on any atom is -0.492 e. The third-order valence-electron chi connectivity index (χ3n) is 6.89. The lowest BCUT2D eigenvalue weighted by Crippen LogP contribution is -2.46. The Morgan fingerprint density at radius 3 is 1.89 bits per heavy atom. The van der Waals surface area contributed by atoms with Gasteiger partial charge in [-0.15, -0.1) is 0 Å². The zero-order valence-corrected chi connectivity index (χ0v) is 27.7. The number of esters is 1. The Balaban J connectivity index is 1.31. The van der Waals surface area contributed by atoms with Crippen LogP contribution < -0.4 is 20.7 Å². The lowest BCUT2D eigenvalue weighted by Gasteiger charge is -2.24. The van der Waals surface area contributed by atoms with Gasteiger partial charge < -0.3 is 34.9 Å². The van der Waals surface area contributed by atoms with Gasteiger partial charge in [0, 0.05) is 11.6 Å². The highest BCUT2D eigenvalue weighted by molar-refractivity contribution is 5.95. The van der Waals surface area contributed by atoms with Crippen LogP contribution in [-0.2, 0) is 23.8 Å². The number of rotatable bonds is 11. The maximum atomic E-state index is 13.0. The van der Waals surface area contributed by atoms with Crippen molar-refractivity contribution in [3.63, 3.8) is 0 Å². The Hall–Kier alpha value is -5.06. The van der Waals surface area contributed by atoms with Gasteiger partial charge in [-0.2, -0.15) is 0 Å². The van der Waals surface area contributed by atoms with Crippen molar-refractivity contribution in [1.82, 2.24) is 10.6 Å². The number of benzene rings is 3. The van der Waals surface area contributed by atoms with E-state index >= 15 is 0 Å². The van der Waals surface area contributed by atoms with E-state index in [4.69, 9.17) is 18.9 Å². The summed E-state index contributed by atoms with van der Waals surface area (Å²) < 4.78 is 21.9. The van der Waals surface area contributed by atoms with Crippen LogP contribution in [0.2, 0.25) is 0 Å². The molecule has 0 bridgehead atoms. The molecular formula is C36H43N3O8. The maximum absolute atomic E-state index is 13.0. The summed E-state index contributed by atoms with van der Waals surface area (Å²) in [5.41, 5.74) is 3.32. The molecule has 47 heavy (non-hydrogen) atoms. The van der Waals surface area contributed by atoms with Crippen LogP contribution in [0.15, 0.2) is 72.8 Å². The molecule has 0 fully saturated rings. The summed E-state index contributed by atoms with van der Waals surface area (Å²) in [4.78, 5) is 50.7. The number of nitrogens with one attached hydrogen (secondary N) is 3. The summed E-state index contributed by atoms with van der Waals surface area (Å²) >= 11 is 0. The monoisotopic (exact) mass is 645 g/mol. The molecule has 0 heterocycles. The van der Waals surface area contributed by atoms with Crippen LogP contribution in [0.4, 0.5) is 15.3 Å². The molecule has 4 rings (SSSR count). The van der Waals surface area contributed by atoms with Crippen molar-refractivity contribution < 1.29 is 38.1 Å². The number of anilines is 1. The molecule has 3 aromatic rings. The number of carbonyl (C=O) groups is 4. The van der Waals surface area contributed by atoms with Crippen molar-refractivity contribution >= 4 is 29.8 Å². The number of amides is 3. The third-order valence-corrected chi connectivity index (χ3v) is 6.89. The smallest absolute Gasteiger partial charge is 0.407 e. The molecule has 0 saturated heterocycles. The fourth-order valence-corrected chi connectivity index (χ4v) is 5.02. The SMILES string of the molecule is CC(C)(C)OC(=O)NCCOc1ccc(NC(=O)C[C@H](NC(=O)OCC2c3ccccc3-c3ccccc32)C(=O)OC(C)(C)C)cc1. The molecule has 3 aromatic carbocycles. The number of alkyl carbamates (subject to hydrolysis) is 2. The summed E-state index contributed by atoms with van der Waals surface area (Å²) in [7, 11) is 0. The first-order valence-electron chi connectivity index (χ1n) is 15.5. The second kappa shape index (κ2) is 15.0. The largest absolute Gasteiger partial charge is 0.492 e. The fourth-order valence-electron chi connectivity index (χ4n) is 5.02. The van der Waals surface area contributed by atoms with E-state index in [1.807, 2.05) is 48.5 Å². The van der Waals surface area contributed by atoms with Crippen LogP contribution in [0.25, 0.3) is 11.1 Å². The topological polar surface area (TPSA) is 141 Å². The number of hydrogen-bond donors (Lipinski definition) is 3. The van der Waals surface area contributed by atoms with Gasteiger partial charge >= 0.3 is 18.2 Å². The van der Waals surface area contributed by atoms with Crippen molar-refractivity contribution in [2.75, 3.05) is 25.1 Å². The second-order valence-corrected chi connectivity index (χ2v) is 13.1. The van der Waals surface area contributed by atoms with Gasteiger partial charge in [0.1, 0.15) is 36.2 Å². The highest BCUT2D eigenvalue weighted by Crippen LogP contribution is 2.44. The number of ether oxygens (including phenoxy) is 4. The number of carbonyl (C=O) groups excluding carboxylic acids is 4. The molecule has 0 aliphatic heterocycles. The number of fused-ring (bicyclic) bond motifs is 3. The summed E-state index contributed by atoms with van der Waals surface area (Å²) in [6.45, 7) is 11.0. The molecule has 11 nitrogen and oxygen atoms in total. The first kappa shape index (κ1) is 34.8. The lowest BCUT2D eigenvalue weighted by atomic mass is 9.98. The van der Waals surface area contributed by atoms with Gasteiger partial charge in [0.05, 0.1) is 13.0 Å². The van der Waals surface area contributed by atoms with E-state index in [1.54, 1.807) is 65.8 Å². The van der Waals surface area contributed by atoms with Gasteiger partial charge in [0.2, 0.25) is 5.91 Å². The molecule has 0 radical (unpaired) electrons. The molecule has 0 spiro atoms. The van der Waals surface area contributed by atoms with Gasteiger partial charge in [-0.3, -0.25) is 4.79 Å². The summed E-state index contributed by atoms with van der Waals surface area (Å²) in [5, 5.41) is 7.87. The first-order chi connectivity index (χ1) is 22.2. The number of hydrogen-bond acceptors (Lipinski definition) is 8. The van der Waals surface area contributed by atoms with Crippen molar-refractivity contribution in [3.8, 4) is 16.9 Å². The summed E-state index contributed by atoms with van der Waals surface area (Å²) in [6.07, 6.45) is -1.75. The van der Waals surface area contributed by atoms with Gasteiger partial charge in [-0.1, -0.05) is 48.5 Å². The molecule has 0 unspecified atom stereocenters. The van der Waals surface area contributed by atoms with Gasteiger partial charge in [0.15, 0.2) is 0 Å². The Labute approximate surface area is 275 Å². The highest BCUT2D eigenvalue weighted by Gasteiger charge is 2.32. The van der Waals surface area contributed by atoms with Crippen LogP contribution in [0.1, 0.15) is 65.0 Å². The second-order valence-electron chi connectivity index (χ2n) is 13.1. The average molecular weight is 646 g/mol. The molecular weight excluding hydrogens is 602 g/mol. The Bertz CT molecular complexity index is 1530. The Morgan fingerprint density at radius 2 is 1.32 bits per heavy atom.